The molecular formula is C8H19NO2S. The Morgan fingerprint density at radius 3 is 2.50 bits per heavy atom. The first-order chi connectivity index (χ1) is 5.42. The molecule has 3 nitrogen and oxygen atoms in total. The molecule has 0 heterocycles. The maximum Gasteiger partial charge on any atom is 0.0715 e. The Kier molecular flexibility index (Phi) is 5.70. The zero-order valence-corrected chi connectivity index (χ0v) is 8.91. The van der Waals surface area contributed by atoms with Crippen molar-refractivity contribution < 1.29 is 9.32 Å². The minimum Gasteiger partial charge on any atom is -0.389 e. The Labute approximate surface area is 77.0 Å². The molecule has 12 heavy (non-hydrogen) atoms. The number of rotatable bonds is 6. The second-order valence-electron chi connectivity index (χ2n) is 3.62. The molecule has 0 aromatic rings. The molecule has 0 bridgehead atoms. The van der Waals surface area contributed by atoms with Crippen LogP contribution in [0.25, 0.3) is 0 Å². The molecule has 0 saturated heterocycles. The number of hydrogen-bond donors (Lipinski definition) is 2. The third kappa shape index (κ3) is 10.1. The number of nitrogens with one attached hydrogen (secondary N) is 1. The van der Waals surface area contributed by atoms with Crippen LogP contribution in [-0.4, -0.2) is 40.0 Å². The highest BCUT2D eigenvalue weighted by Crippen LogP contribution is 1.96. The first kappa shape index (κ1) is 12.1. The molecule has 0 amide bonds. The van der Waals surface area contributed by atoms with Crippen LogP contribution in [0.1, 0.15) is 20.3 Å². The van der Waals surface area contributed by atoms with E-state index in [0.717, 1.165) is 18.7 Å². The summed E-state index contributed by atoms with van der Waals surface area (Å²) in [6.45, 7) is 4.93. The lowest BCUT2D eigenvalue weighted by Gasteiger charge is -2.17. The quantitative estimate of drug-likeness (QED) is 0.589. The Bertz CT molecular complexity index is 142. The fraction of sp³-hybridized carbons (Fsp3) is 1.00. The van der Waals surface area contributed by atoms with Crippen LogP contribution in [0.3, 0.4) is 0 Å². The highest BCUT2D eigenvalue weighted by Gasteiger charge is 2.10. The maximum absolute atomic E-state index is 10.6. The van der Waals surface area contributed by atoms with Crippen LogP contribution in [0, 0.1) is 0 Å². The first-order valence-electron chi connectivity index (χ1n) is 4.15. The van der Waals surface area contributed by atoms with Gasteiger partial charge in [-0.3, -0.25) is 4.21 Å². The van der Waals surface area contributed by atoms with E-state index < -0.39 is 16.4 Å². The van der Waals surface area contributed by atoms with Gasteiger partial charge in [0.25, 0.3) is 0 Å². The van der Waals surface area contributed by atoms with Gasteiger partial charge >= 0.3 is 0 Å². The highest BCUT2D eigenvalue weighted by atomic mass is 32.2. The summed E-state index contributed by atoms with van der Waals surface area (Å²) < 4.78 is 10.6. The summed E-state index contributed by atoms with van der Waals surface area (Å²) >= 11 is 0. The van der Waals surface area contributed by atoms with E-state index in [0.29, 0.717) is 6.54 Å². The lowest BCUT2D eigenvalue weighted by atomic mass is 10.1. The number of hydrogen-bond acceptors (Lipinski definition) is 3. The average Bonchev–Trinajstić information content (AvgIpc) is 1.83. The van der Waals surface area contributed by atoms with Crippen LogP contribution >= 0.6 is 0 Å². The van der Waals surface area contributed by atoms with Crippen LogP contribution in [-0.2, 0) is 10.8 Å². The van der Waals surface area contributed by atoms with E-state index in [1.807, 2.05) is 0 Å². The molecule has 1 unspecified atom stereocenters. The molecule has 0 aromatic heterocycles. The van der Waals surface area contributed by atoms with Gasteiger partial charge in [0.15, 0.2) is 0 Å². The molecule has 0 spiro atoms. The van der Waals surface area contributed by atoms with Gasteiger partial charge in [-0.15, -0.1) is 0 Å². The van der Waals surface area contributed by atoms with Crippen molar-refractivity contribution in [2.75, 3.05) is 25.1 Å². The van der Waals surface area contributed by atoms with Crippen LogP contribution in [0.4, 0.5) is 0 Å². The third-order valence-electron chi connectivity index (χ3n) is 1.34. The highest BCUT2D eigenvalue weighted by molar-refractivity contribution is 7.84. The standard InChI is InChI=1S/C8H19NO2S/c1-8(2,10)7-9-5-4-6-12(3)11/h9-10H,4-7H2,1-3H3. The van der Waals surface area contributed by atoms with Crippen LogP contribution in [0.5, 0.6) is 0 Å². The molecule has 2 N–H and O–H groups in total. The molecule has 0 saturated carbocycles. The van der Waals surface area contributed by atoms with Crippen molar-refractivity contribution in [3.05, 3.63) is 0 Å². The molecule has 74 valence electrons. The van der Waals surface area contributed by atoms with Gasteiger partial charge in [-0.25, -0.2) is 0 Å². The summed E-state index contributed by atoms with van der Waals surface area (Å²) in [5.41, 5.74) is -0.647. The molecule has 0 aliphatic heterocycles. The topological polar surface area (TPSA) is 49.3 Å². The van der Waals surface area contributed by atoms with Crippen molar-refractivity contribution in [2.45, 2.75) is 25.9 Å². The van der Waals surface area contributed by atoms with Gasteiger partial charge in [-0.05, 0) is 26.8 Å². The lowest BCUT2D eigenvalue weighted by molar-refractivity contribution is 0.0801. The molecule has 0 aliphatic rings. The van der Waals surface area contributed by atoms with E-state index in [4.69, 9.17) is 0 Å². The summed E-state index contributed by atoms with van der Waals surface area (Å²) in [4.78, 5) is 0. The molecule has 0 fully saturated rings. The summed E-state index contributed by atoms with van der Waals surface area (Å²) in [6, 6.07) is 0. The van der Waals surface area contributed by atoms with Crippen LogP contribution < -0.4 is 5.32 Å². The van der Waals surface area contributed by atoms with Crippen molar-refractivity contribution in [1.29, 1.82) is 0 Å². The van der Waals surface area contributed by atoms with Gasteiger partial charge < -0.3 is 10.4 Å². The molecule has 1 atom stereocenters. The predicted molar refractivity (Wildman–Crippen MR) is 52.7 cm³/mol. The molecule has 0 rings (SSSR count). The summed E-state index contributed by atoms with van der Waals surface area (Å²) in [6.07, 6.45) is 2.61. The Morgan fingerprint density at radius 2 is 2.08 bits per heavy atom. The van der Waals surface area contributed by atoms with Gasteiger partial charge in [-0.2, -0.15) is 0 Å². The van der Waals surface area contributed by atoms with Crippen molar-refractivity contribution in [3.63, 3.8) is 0 Å². The van der Waals surface area contributed by atoms with E-state index in [1.54, 1.807) is 20.1 Å². The van der Waals surface area contributed by atoms with Crippen molar-refractivity contribution >= 4 is 10.8 Å². The van der Waals surface area contributed by atoms with Crippen molar-refractivity contribution in [3.8, 4) is 0 Å². The van der Waals surface area contributed by atoms with E-state index >= 15 is 0 Å². The Morgan fingerprint density at radius 1 is 1.50 bits per heavy atom. The third-order valence-corrected chi connectivity index (χ3v) is 2.21. The van der Waals surface area contributed by atoms with Gasteiger partial charge in [-0.1, -0.05) is 0 Å². The molecule has 0 aromatic carbocycles. The summed E-state index contributed by atoms with van der Waals surface area (Å²) in [7, 11) is -0.693. The predicted octanol–water partition coefficient (Wildman–Crippen LogP) is 0.115. The van der Waals surface area contributed by atoms with E-state index in [2.05, 4.69) is 5.32 Å². The fourth-order valence-electron chi connectivity index (χ4n) is 0.795. The Balaban J connectivity index is 3.17. The zero-order chi connectivity index (χ0) is 9.61. The largest absolute Gasteiger partial charge is 0.389 e. The molecule has 4 heteroatoms. The van der Waals surface area contributed by atoms with Gasteiger partial charge in [0.1, 0.15) is 0 Å². The van der Waals surface area contributed by atoms with Gasteiger partial charge in [0, 0.05) is 29.4 Å². The monoisotopic (exact) mass is 193 g/mol. The Hall–Kier alpha value is 0.0700. The van der Waals surface area contributed by atoms with E-state index in [-0.39, 0.29) is 0 Å². The SMILES string of the molecule is CS(=O)CCCNCC(C)(C)O. The smallest absolute Gasteiger partial charge is 0.0715 e. The zero-order valence-electron chi connectivity index (χ0n) is 8.09. The molecule has 0 aliphatic carbocycles. The van der Waals surface area contributed by atoms with Crippen molar-refractivity contribution in [1.82, 2.24) is 5.32 Å². The fourth-order valence-corrected chi connectivity index (χ4v) is 1.35. The van der Waals surface area contributed by atoms with E-state index in [9.17, 15) is 9.32 Å². The van der Waals surface area contributed by atoms with Crippen molar-refractivity contribution in [2.24, 2.45) is 0 Å². The van der Waals surface area contributed by atoms with Crippen LogP contribution in [0.15, 0.2) is 0 Å². The van der Waals surface area contributed by atoms with E-state index in [1.165, 1.54) is 0 Å². The summed E-state index contributed by atoms with van der Waals surface area (Å²) in [5.74, 6) is 0.735. The second-order valence-corrected chi connectivity index (χ2v) is 5.17. The van der Waals surface area contributed by atoms with Gasteiger partial charge in [0.05, 0.1) is 5.60 Å². The van der Waals surface area contributed by atoms with Gasteiger partial charge in [0.2, 0.25) is 0 Å². The second kappa shape index (κ2) is 5.67. The summed E-state index contributed by atoms with van der Waals surface area (Å²) in [5, 5.41) is 12.4. The molecule has 0 radical (unpaired) electrons. The number of aliphatic hydroxyl groups is 1. The minimum atomic E-state index is -0.693. The first-order valence-corrected chi connectivity index (χ1v) is 5.88. The normalized spacial score (nSPS) is 14.7. The minimum absolute atomic E-state index is 0.587. The van der Waals surface area contributed by atoms with Crippen LogP contribution in [0.2, 0.25) is 0 Å². The maximum atomic E-state index is 10.6. The average molecular weight is 193 g/mol. The molecular weight excluding hydrogens is 174 g/mol. The lowest BCUT2D eigenvalue weighted by Crippen LogP contribution is -2.35.